The lowest BCUT2D eigenvalue weighted by Crippen LogP contribution is -2.45. The maximum Gasteiger partial charge on any atom is 0.140 e. The Hall–Kier alpha value is -1.43. The zero-order chi connectivity index (χ0) is 16.5. The summed E-state index contributed by atoms with van der Waals surface area (Å²) < 4.78 is 19.3. The van der Waals surface area contributed by atoms with E-state index in [-0.39, 0.29) is 5.82 Å². The topological polar surface area (TPSA) is 32.5 Å². The van der Waals surface area contributed by atoms with Crippen LogP contribution in [0.25, 0.3) is 0 Å². The Morgan fingerprint density at radius 2 is 1.83 bits per heavy atom. The summed E-state index contributed by atoms with van der Waals surface area (Å²) in [6, 6.07) is 6.97. The number of rotatable bonds is 5. The standard InChI is InChI=1S/C18H21ClFN3O/c19-16-2-1-3-17(20)15(16)12-23-8-6-22(7-9-23)11-14-10-18(24-21-14)13-4-5-13/h1-3,10,13H,4-9,11-12H2. The van der Waals surface area contributed by atoms with E-state index in [1.54, 1.807) is 12.1 Å². The molecule has 1 saturated carbocycles. The van der Waals surface area contributed by atoms with Crippen LogP contribution in [0.1, 0.15) is 35.8 Å². The molecule has 2 heterocycles. The number of nitrogens with zero attached hydrogens (tertiary/aromatic N) is 3. The highest BCUT2D eigenvalue weighted by molar-refractivity contribution is 6.31. The first-order valence-corrected chi connectivity index (χ1v) is 8.90. The van der Waals surface area contributed by atoms with E-state index in [1.807, 2.05) is 0 Å². The summed E-state index contributed by atoms with van der Waals surface area (Å²) in [6.45, 7) is 5.07. The molecule has 6 heteroatoms. The monoisotopic (exact) mass is 349 g/mol. The van der Waals surface area contributed by atoms with Crippen LogP contribution in [0.3, 0.4) is 0 Å². The lowest BCUT2D eigenvalue weighted by molar-refractivity contribution is 0.119. The van der Waals surface area contributed by atoms with Gasteiger partial charge in [-0.2, -0.15) is 0 Å². The second kappa shape index (κ2) is 6.82. The van der Waals surface area contributed by atoms with E-state index in [0.717, 1.165) is 44.2 Å². The smallest absolute Gasteiger partial charge is 0.140 e. The molecule has 0 bridgehead atoms. The van der Waals surface area contributed by atoms with Gasteiger partial charge in [0.05, 0.1) is 5.69 Å². The van der Waals surface area contributed by atoms with E-state index in [1.165, 1.54) is 18.9 Å². The van der Waals surface area contributed by atoms with Gasteiger partial charge in [-0.3, -0.25) is 9.80 Å². The molecular formula is C18H21ClFN3O. The highest BCUT2D eigenvalue weighted by Gasteiger charge is 2.28. The Labute approximate surface area is 146 Å². The van der Waals surface area contributed by atoms with Crippen LogP contribution < -0.4 is 0 Å². The van der Waals surface area contributed by atoms with Crippen molar-refractivity contribution in [3.8, 4) is 0 Å². The molecule has 0 atom stereocenters. The van der Waals surface area contributed by atoms with Gasteiger partial charge in [0, 0.05) is 61.8 Å². The van der Waals surface area contributed by atoms with Gasteiger partial charge in [0.25, 0.3) is 0 Å². The van der Waals surface area contributed by atoms with Crippen molar-refractivity contribution in [1.29, 1.82) is 0 Å². The number of hydrogen-bond acceptors (Lipinski definition) is 4. The van der Waals surface area contributed by atoms with E-state index < -0.39 is 0 Å². The molecule has 2 fully saturated rings. The predicted molar refractivity (Wildman–Crippen MR) is 90.4 cm³/mol. The molecule has 1 aliphatic carbocycles. The van der Waals surface area contributed by atoms with Crippen molar-refractivity contribution in [3.63, 3.8) is 0 Å². The third kappa shape index (κ3) is 3.63. The van der Waals surface area contributed by atoms with Gasteiger partial charge in [0.2, 0.25) is 0 Å². The maximum absolute atomic E-state index is 13.9. The summed E-state index contributed by atoms with van der Waals surface area (Å²) >= 11 is 6.12. The average Bonchev–Trinajstić information content (AvgIpc) is 3.33. The third-order valence-electron chi connectivity index (χ3n) is 4.85. The van der Waals surface area contributed by atoms with Crippen LogP contribution in [-0.2, 0) is 13.1 Å². The minimum atomic E-state index is -0.222. The van der Waals surface area contributed by atoms with Crippen LogP contribution in [0, 0.1) is 5.82 Å². The van der Waals surface area contributed by atoms with E-state index in [2.05, 4.69) is 21.0 Å². The normalized spacial score (nSPS) is 19.8. The molecule has 0 N–H and O–H groups in total. The van der Waals surface area contributed by atoms with Gasteiger partial charge in [-0.1, -0.05) is 22.8 Å². The molecule has 0 amide bonds. The maximum atomic E-state index is 13.9. The van der Waals surface area contributed by atoms with Crippen molar-refractivity contribution < 1.29 is 8.91 Å². The van der Waals surface area contributed by atoms with Crippen molar-refractivity contribution in [2.75, 3.05) is 26.2 Å². The van der Waals surface area contributed by atoms with Crippen LogP contribution in [0.5, 0.6) is 0 Å². The zero-order valence-corrected chi connectivity index (χ0v) is 14.3. The Kier molecular flexibility index (Phi) is 4.57. The molecule has 1 aliphatic heterocycles. The number of piperazine rings is 1. The van der Waals surface area contributed by atoms with Gasteiger partial charge in [-0.05, 0) is 25.0 Å². The second-order valence-corrected chi connectivity index (χ2v) is 7.15. The second-order valence-electron chi connectivity index (χ2n) is 6.75. The molecule has 2 aliphatic rings. The number of hydrogen-bond donors (Lipinski definition) is 0. The first-order valence-electron chi connectivity index (χ1n) is 8.52. The van der Waals surface area contributed by atoms with Crippen LogP contribution >= 0.6 is 11.6 Å². The first-order chi connectivity index (χ1) is 11.7. The Morgan fingerprint density at radius 1 is 1.12 bits per heavy atom. The van der Waals surface area contributed by atoms with E-state index >= 15 is 0 Å². The molecule has 2 aromatic rings. The Bertz CT molecular complexity index is 688. The summed E-state index contributed by atoms with van der Waals surface area (Å²) in [7, 11) is 0. The van der Waals surface area contributed by atoms with Crippen molar-refractivity contribution in [2.24, 2.45) is 0 Å². The highest BCUT2D eigenvalue weighted by Crippen LogP contribution is 2.40. The SMILES string of the molecule is Fc1cccc(Cl)c1CN1CCN(Cc2cc(C3CC3)on2)CC1. The predicted octanol–water partition coefficient (Wildman–Crippen LogP) is 3.66. The fraction of sp³-hybridized carbons (Fsp3) is 0.500. The molecular weight excluding hydrogens is 329 g/mol. The van der Waals surface area contributed by atoms with Crippen LogP contribution in [0.2, 0.25) is 5.02 Å². The lowest BCUT2D eigenvalue weighted by atomic mass is 10.1. The molecule has 1 saturated heterocycles. The number of aromatic nitrogens is 1. The number of benzene rings is 1. The van der Waals surface area contributed by atoms with E-state index in [9.17, 15) is 4.39 Å². The van der Waals surface area contributed by atoms with E-state index in [0.29, 0.717) is 23.0 Å². The van der Waals surface area contributed by atoms with Crippen molar-refractivity contribution in [3.05, 3.63) is 52.1 Å². The van der Waals surface area contributed by atoms with Gasteiger partial charge in [0.15, 0.2) is 0 Å². The first kappa shape index (κ1) is 16.1. The summed E-state index contributed by atoms with van der Waals surface area (Å²) in [5.41, 5.74) is 1.61. The fourth-order valence-electron chi connectivity index (χ4n) is 3.20. The quantitative estimate of drug-likeness (QED) is 0.824. The minimum Gasteiger partial charge on any atom is -0.361 e. The fourth-order valence-corrected chi connectivity index (χ4v) is 3.43. The van der Waals surface area contributed by atoms with Crippen LogP contribution in [0.15, 0.2) is 28.8 Å². The van der Waals surface area contributed by atoms with Gasteiger partial charge >= 0.3 is 0 Å². The van der Waals surface area contributed by atoms with Crippen LogP contribution in [0.4, 0.5) is 4.39 Å². The van der Waals surface area contributed by atoms with Gasteiger partial charge < -0.3 is 4.52 Å². The minimum absolute atomic E-state index is 0.222. The van der Waals surface area contributed by atoms with Crippen molar-refractivity contribution in [2.45, 2.75) is 31.8 Å². The highest BCUT2D eigenvalue weighted by atomic mass is 35.5. The molecule has 0 radical (unpaired) electrons. The number of halogens is 2. The molecule has 0 spiro atoms. The molecule has 1 aromatic heterocycles. The zero-order valence-electron chi connectivity index (χ0n) is 13.5. The molecule has 1 aromatic carbocycles. The lowest BCUT2D eigenvalue weighted by Gasteiger charge is -2.34. The largest absolute Gasteiger partial charge is 0.361 e. The van der Waals surface area contributed by atoms with Gasteiger partial charge in [-0.25, -0.2) is 4.39 Å². The Morgan fingerprint density at radius 3 is 2.50 bits per heavy atom. The molecule has 128 valence electrons. The summed E-state index contributed by atoms with van der Waals surface area (Å²) in [5.74, 6) is 1.42. The van der Waals surface area contributed by atoms with Crippen molar-refractivity contribution >= 4 is 11.6 Å². The molecule has 4 rings (SSSR count). The molecule has 0 unspecified atom stereocenters. The summed E-state index contributed by atoms with van der Waals surface area (Å²) in [5, 5.41) is 4.69. The molecule has 24 heavy (non-hydrogen) atoms. The van der Waals surface area contributed by atoms with Gasteiger partial charge in [-0.15, -0.1) is 0 Å². The Balaban J connectivity index is 1.30. The molecule has 4 nitrogen and oxygen atoms in total. The van der Waals surface area contributed by atoms with Gasteiger partial charge in [0.1, 0.15) is 11.6 Å². The van der Waals surface area contributed by atoms with Crippen molar-refractivity contribution in [1.82, 2.24) is 15.0 Å². The average molecular weight is 350 g/mol. The third-order valence-corrected chi connectivity index (χ3v) is 5.20. The summed E-state index contributed by atoms with van der Waals surface area (Å²) in [6.07, 6.45) is 2.46. The van der Waals surface area contributed by atoms with E-state index in [4.69, 9.17) is 16.1 Å². The van der Waals surface area contributed by atoms with Crippen LogP contribution in [-0.4, -0.2) is 41.1 Å². The summed E-state index contributed by atoms with van der Waals surface area (Å²) in [4.78, 5) is 4.62.